The van der Waals surface area contributed by atoms with E-state index >= 15 is 0 Å². The first kappa shape index (κ1) is 26.4. The van der Waals surface area contributed by atoms with E-state index in [1.807, 2.05) is 51.2 Å². The summed E-state index contributed by atoms with van der Waals surface area (Å²) in [6.45, 7) is 4.04. The third-order valence-electron chi connectivity index (χ3n) is 6.63. The molecule has 6 nitrogen and oxygen atoms in total. The van der Waals surface area contributed by atoms with Gasteiger partial charge in [0.05, 0.1) is 17.6 Å². The highest BCUT2D eigenvalue weighted by Crippen LogP contribution is 2.39. The number of nitrogens with zero attached hydrogens (tertiary/aromatic N) is 3. The molecule has 0 atom stereocenters. The van der Waals surface area contributed by atoms with E-state index in [0.29, 0.717) is 5.11 Å². The van der Waals surface area contributed by atoms with Gasteiger partial charge in [-0.2, -0.15) is 10.2 Å². The Labute approximate surface area is 229 Å². The molecule has 2 N–H and O–H groups in total. The van der Waals surface area contributed by atoms with Gasteiger partial charge in [-0.15, -0.1) is 13.2 Å². The molecule has 200 valence electrons. The summed E-state index contributed by atoms with van der Waals surface area (Å²) < 4.78 is 43.4. The molecule has 5 rings (SSSR count). The molecule has 0 bridgehead atoms. The van der Waals surface area contributed by atoms with Crippen LogP contribution >= 0.6 is 12.2 Å². The van der Waals surface area contributed by atoms with E-state index in [1.54, 1.807) is 23.0 Å². The predicted octanol–water partition coefficient (Wildman–Crippen LogP) is 6.69. The summed E-state index contributed by atoms with van der Waals surface area (Å²) >= 11 is 5.39. The molecular formula is C29H26F3N5OS. The number of para-hydroxylation sites is 1. The van der Waals surface area contributed by atoms with Crippen LogP contribution in [0, 0.1) is 13.8 Å². The van der Waals surface area contributed by atoms with Crippen molar-refractivity contribution in [3.8, 4) is 28.3 Å². The van der Waals surface area contributed by atoms with Gasteiger partial charge < -0.3 is 10.1 Å². The molecule has 10 heteroatoms. The van der Waals surface area contributed by atoms with E-state index in [2.05, 4.69) is 26.6 Å². The van der Waals surface area contributed by atoms with Crippen LogP contribution in [0.25, 0.3) is 22.5 Å². The van der Waals surface area contributed by atoms with E-state index in [4.69, 9.17) is 17.3 Å². The summed E-state index contributed by atoms with van der Waals surface area (Å²) in [7, 11) is 1.84. The van der Waals surface area contributed by atoms with Crippen molar-refractivity contribution >= 4 is 29.2 Å². The number of hydrazone groups is 1. The number of nitrogens with one attached hydrogen (secondary N) is 2. The monoisotopic (exact) mass is 549 g/mol. The molecule has 3 aromatic carbocycles. The molecule has 0 unspecified atom stereocenters. The van der Waals surface area contributed by atoms with Gasteiger partial charge in [0.15, 0.2) is 5.11 Å². The highest BCUT2D eigenvalue weighted by Gasteiger charge is 2.31. The van der Waals surface area contributed by atoms with Crippen LogP contribution in [0.4, 0.5) is 18.9 Å². The van der Waals surface area contributed by atoms with Crippen molar-refractivity contribution in [2.24, 2.45) is 12.1 Å². The highest BCUT2D eigenvalue weighted by molar-refractivity contribution is 7.80. The zero-order valence-electron chi connectivity index (χ0n) is 21.6. The number of fused-ring (bicyclic) bond motifs is 3. The molecule has 0 saturated heterocycles. The topological polar surface area (TPSA) is 63.5 Å². The molecule has 1 aromatic heterocycles. The molecule has 0 radical (unpaired) electrons. The van der Waals surface area contributed by atoms with Gasteiger partial charge in [0.1, 0.15) is 5.75 Å². The van der Waals surface area contributed by atoms with Gasteiger partial charge in [-0.3, -0.25) is 10.1 Å². The largest absolute Gasteiger partial charge is 0.573 e. The van der Waals surface area contributed by atoms with Gasteiger partial charge in [0, 0.05) is 29.4 Å². The van der Waals surface area contributed by atoms with Crippen molar-refractivity contribution in [3.63, 3.8) is 0 Å². The lowest BCUT2D eigenvalue weighted by Crippen LogP contribution is -2.24. The quantitative estimate of drug-likeness (QED) is 0.165. The van der Waals surface area contributed by atoms with Crippen molar-refractivity contribution < 1.29 is 17.9 Å². The lowest BCUT2D eigenvalue weighted by molar-refractivity contribution is -0.274. The maximum absolute atomic E-state index is 12.5. The maximum atomic E-state index is 12.5. The molecule has 0 amide bonds. The third-order valence-corrected chi connectivity index (χ3v) is 6.83. The first-order valence-electron chi connectivity index (χ1n) is 12.3. The Kier molecular flexibility index (Phi) is 7.14. The molecule has 1 aliphatic rings. The summed E-state index contributed by atoms with van der Waals surface area (Å²) in [4.78, 5) is 0. The van der Waals surface area contributed by atoms with Crippen molar-refractivity contribution in [2.45, 2.75) is 33.1 Å². The van der Waals surface area contributed by atoms with E-state index in [9.17, 15) is 13.2 Å². The Morgan fingerprint density at radius 2 is 1.77 bits per heavy atom. The summed E-state index contributed by atoms with van der Waals surface area (Å²) in [5.74, 6) is -0.252. The minimum atomic E-state index is -4.72. The van der Waals surface area contributed by atoms with Crippen LogP contribution in [0.15, 0.2) is 65.8 Å². The summed E-state index contributed by atoms with van der Waals surface area (Å²) in [6.07, 6.45) is -1.43. The number of anilines is 1. The minimum absolute atomic E-state index is 0.252. The van der Waals surface area contributed by atoms with Crippen LogP contribution in [0.5, 0.6) is 5.75 Å². The normalized spacial score (nSPS) is 12.7. The summed E-state index contributed by atoms with van der Waals surface area (Å²) in [5, 5.41) is 12.7. The molecule has 0 aliphatic heterocycles. The van der Waals surface area contributed by atoms with E-state index in [-0.39, 0.29) is 5.75 Å². The highest BCUT2D eigenvalue weighted by atomic mass is 32.1. The van der Waals surface area contributed by atoms with Gasteiger partial charge >= 0.3 is 6.36 Å². The summed E-state index contributed by atoms with van der Waals surface area (Å²) in [6, 6.07) is 18.0. The fourth-order valence-electron chi connectivity index (χ4n) is 4.91. The molecule has 0 fully saturated rings. The number of rotatable bonds is 5. The molecule has 4 aromatic rings. The Bertz CT molecular complexity index is 1560. The second-order valence-corrected chi connectivity index (χ2v) is 9.79. The first-order valence-corrected chi connectivity index (χ1v) is 12.7. The second kappa shape index (κ2) is 10.5. The number of ether oxygens (including phenoxy) is 1. The van der Waals surface area contributed by atoms with Crippen LogP contribution < -0.4 is 15.5 Å². The molecule has 0 saturated carbocycles. The van der Waals surface area contributed by atoms with Crippen LogP contribution in [0.1, 0.15) is 27.8 Å². The smallest absolute Gasteiger partial charge is 0.406 e. The number of thiocarbonyl (C=S) groups is 1. The fourth-order valence-corrected chi connectivity index (χ4v) is 5.06. The average molecular weight is 550 g/mol. The SMILES string of the molecule is Cc1cccc(C)c1NC(=S)NN=Cc1ccc2c(c1)CCc1c-2nn(C)c1-c1ccc(OC(F)(F)F)cc1. The van der Waals surface area contributed by atoms with Gasteiger partial charge in [0.25, 0.3) is 0 Å². The number of benzene rings is 3. The third kappa shape index (κ3) is 5.80. The van der Waals surface area contributed by atoms with Crippen LogP contribution in [0.3, 0.4) is 0 Å². The average Bonchev–Trinajstić information content (AvgIpc) is 3.22. The van der Waals surface area contributed by atoms with Crippen LogP contribution in [-0.2, 0) is 19.9 Å². The fraction of sp³-hybridized carbons (Fsp3) is 0.207. The van der Waals surface area contributed by atoms with E-state index < -0.39 is 6.36 Å². The second-order valence-electron chi connectivity index (χ2n) is 9.38. The Balaban J connectivity index is 1.31. The van der Waals surface area contributed by atoms with Gasteiger partial charge in [-0.1, -0.05) is 30.3 Å². The zero-order chi connectivity index (χ0) is 27.7. The molecule has 0 spiro atoms. The first-order chi connectivity index (χ1) is 18.6. The van der Waals surface area contributed by atoms with Gasteiger partial charge in [-0.25, -0.2) is 0 Å². The Morgan fingerprint density at radius 3 is 2.46 bits per heavy atom. The molecular weight excluding hydrogens is 523 g/mol. The van der Waals surface area contributed by atoms with Crippen LogP contribution in [0.2, 0.25) is 0 Å². The van der Waals surface area contributed by atoms with E-state index in [0.717, 1.165) is 68.9 Å². The van der Waals surface area contributed by atoms with Gasteiger partial charge in [-0.05, 0) is 91.5 Å². The van der Waals surface area contributed by atoms with Crippen molar-refractivity contribution in [3.05, 3.63) is 88.5 Å². The molecule has 39 heavy (non-hydrogen) atoms. The minimum Gasteiger partial charge on any atom is -0.406 e. The van der Waals surface area contributed by atoms with Crippen LogP contribution in [-0.4, -0.2) is 27.5 Å². The number of hydrogen-bond donors (Lipinski definition) is 2. The molecule has 1 heterocycles. The van der Waals surface area contributed by atoms with E-state index in [1.165, 1.54) is 12.1 Å². The summed E-state index contributed by atoms with van der Waals surface area (Å²) in [5.41, 5.74) is 12.8. The zero-order valence-corrected chi connectivity index (χ0v) is 22.4. The standard InChI is InChI=1S/C29H26F3N5OS/c1-17-5-4-6-18(2)25(17)34-28(39)35-33-16-19-7-13-23-21(15-19)10-14-24-26(23)36-37(3)27(24)20-8-11-22(12-9-20)38-29(30,31)32/h4-9,11-13,15-16H,10,14H2,1-3H3,(H2,34,35,39). The lowest BCUT2D eigenvalue weighted by atomic mass is 9.87. The van der Waals surface area contributed by atoms with Crippen molar-refractivity contribution in [1.82, 2.24) is 15.2 Å². The van der Waals surface area contributed by atoms with Gasteiger partial charge in [0.2, 0.25) is 0 Å². The van der Waals surface area contributed by atoms with Crippen molar-refractivity contribution in [2.75, 3.05) is 5.32 Å². The number of halogens is 3. The Hall–Kier alpha value is -4.18. The number of hydrogen-bond acceptors (Lipinski definition) is 4. The number of aryl methyl sites for hydroxylation is 4. The number of aromatic nitrogens is 2. The predicted molar refractivity (Wildman–Crippen MR) is 151 cm³/mol. The number of alkyl halides is 3. The Morgan fingerprint density at radius 1 is 1.05 bits per heavy atom. The van der Waals surface area contributed by atoms with Crippen molar-refractivity contribution in [1.29, 1.82) is 0 Å². The lowest BCUT2D eigenvalue weighted by Gasteiger charge is -2.17. The molecule has 1 aliphatic carbocycles. The maximum Gasteiger partial charge on any atom is 0.573 e.